The van der Waals surface area contributed by atoms with E-state index in [1.807, 2.05) is 12.1 Å². The van der Waals surface area contributed by atoms with Crippen LogP contribution in [0, 0.1) is 17.5 Å². The van der Waals surface area contributed by atoms with Gasteiger partial charge in [0.25, 0.3) is 0 Å². The summed E-state index contributed by atoms with van der Waals surface area (Å²) in [6, 6.07) is 10.9. The predicted octanol–water partition coefficient (Wildman–Crippen LogP) is 4.41. The molecule has 1 saturated heterocycles. The highest BCUT2D eigenvalue weighted by Gasteiger charge is 2.42. The average Bonchev–Trinajstić information content (AvgIpc) is 3.49. The van der Waals surface area contributed by atoms with Crippen molar-refractivity contribution >= 4 is 29.9 Å². The Balaban J connectivity index is 0.00000272. The second-order valence-corrected chi connectivity index (χ2v) is 8.12. The van der Waals surface area contributed by atoms with Gasteiger partial charge in [0.2, 0.25) is 0 Å². The second-order valence-electron chi connectivity index (χ2n) is 8.12. The number of halogens is 4. The summed E-state index contributed by atoms with van der Waals surface area (Å²) in [7, 11) is 1.71. The topological polar surface area (TPSA) is 39.7 Å². The van der Waals surface area contributed by atoms with E-state index in [-0.39, 0.29) is 47.3 Å². The van der Waals surface area contributed by atoms with Gasteiger partial charge in [0.15, 0.2) is 5.96 Å². The van der Waals surface area contributed by atoms with Gasteiger partial charge in [-0.15, -0.1) is 24.0 Å². The van der Waals surface area contributed by atoms with Gasteiger partial charge in [0, 0.05) is 50.2 Å². The van der Waals surface area contributed by atoms with E-state index in [2.05, 4.69) is 20.5 Å². The Morgan fingerprint density at radius 2 is 1.65 bits per heavy atom. The van der Waals surface area contributed by atoms with Crippen LogP contribution in [0.3, 0.4) is 0 Å². The van der Waals surface area contributed by atoms with E-state index in [1.54, 1.807) is 7.05 Å². The van der Waals surface area contributed by atoms with Crippen molar-refractivity contribution in [3.63, 3.8) is 0 Å². The third kappa shape index (κ3) is 6.12. The van der Waals surface area contributed by atoms with Crippen molar-refractivity contribution in [1.82, 2.24) is 15.5 Å². The molecule has 2 atom stereocenters. The minimum Gasteiger partial charge on any atom is -0.354 e. The molecule has 2 unspecified atom stereocenters. The number of piperidine rings is 1. The van der Waals surface area contributed by atoms with E-state index in [4.69, 9.17) is 0 Å². The molecule has 2 N–H and O–H groups in total. The zero-order valence-electron chi connectivity index (χ0n) is 17.5. The number of nitrogens with one attached hydrogen (secondary N) is 2. The number of guanidine groups is 1. The average molecular weight is 544 g/mol. The lowest BCUT2D eigenvalue weighted by Crippen LogP contribution is -2.49. The number of rotatable bonds is 5. The van der Waals surface area contributed by atoms with Crippen LogP contribution in [0.25, 0.3) is 0 Å². The van der Waals surface area contributed by atoms with Crippen molar-refractivity contribution in [2.75, 3.05) is 20.1 Å². The number of nitrogens with zero attached hydrogens (tertiary/aromatic N) is 2. The van der Waals surface area contributed by atoms with Crippen LogP contribution in [-0.2, 0) is 6.54 Å². The normalized spacial score (nSPS) is 22.0. The summed E-state index contributed by atoms with van der Waals surface area (Å²) in [5, 5.41) is 6.75. The van der Waals surface area contributed by atoms with Crippen molar-refractivity contribution < 1.29 is 13.2 Å². The maximum atomic E-state index is 14.0. The monoisotopic (exact) mass is 544 g/mol. The molecule has 0 amide bonds. The molecule has 1 saturated carbocycles. The fraction of sp³-hybridized carbons (Fsp3) is 0.435. The molecule has 1 aliphatic heterocycles. The van der Waals surface area contributed by atoms with Gasteiger partial charge in [-0.2, -0.15) is 0 Å². The molecule has 2 aliphatic rings. The first-order valence-corrected chi connectivity index (χ1v) is 10.4. The minimum atomic E-state index is -0.485. The number of benzene rings is 2. The maximum absolute atomic E-state index is 14.0. The molecule has 8 heteroatoms. The Morgan fingerprint density at radius 3 is 2.26 bits per heavy atom. The molecule has 0 radical (unpaired) electrons. The van der Waals surface area contributed by atoms with Gasteiger partial charge in [0.05, 0.1) is 0 Å². The second kappa shape index (κ2) is 10.7. The van der Waals surface area contributed by atoms with Crippen LogP contribution >= 0.6 is 24.0 Å². The Morgan fingerprint density at radius 1 is 1.00 bits per heavy atom. The van der Waals surface area contributed by atoms with Crippen LogP contribution < -0.4 is 10.6 Å². The molecule has 2 aromatic carbocycles. The molecule has 4 nitrogen and oxygen atoms in total. The summed E-state index contributed by atoms with van der Waals surface area (Å²) in [6.07, 6.45) is 2.63. The van der Waals surface area contributed by atoms with Gasteiger partial charge >= 0.3 is 0 Å². The van der Waals surface area contributed by atoms with Crippen molar-refractivity contribution in [3.8, 4) is 0 Å². The third-order valence-electron chi connectivity index (χ3n) is 5.95. The minimum absolute atomic E-state index is 0. The largest absolute Gasteiger partial charge is 0.354 e. The highest BCUT2D eigenvalue weighted by molar-refractivity contribution is 14.0. The van der Waals surface area contributed by atoms with Gasteiger partial charge in [-0.3, -0.25) is 9.89 Å². The molecule has 168 valence electrons. The van der Waals surface area contributed by atoms with Gasteiger partial charge < -0.3 is 10.6 Å². The van der Waals surface area contributed by atoms with Crippen LogP contribution in [0.15, 0.2) is 47.5 Å². The van der Waals surface area contributed by atoms with Crippen LogP contribution in [0.2, 0.25) is 0 Å². The fourth-order valence-corrected chi connectivity index (χ4v) is 4.16. The zero-order valence-corrected chi connectivity index (χ0v) is 19.8. The molecule has 31 heavy (non-hydrogen) atoms. The summed E-state index contributed by atoms with van der Waals surface area (Å²) < 4.78 is 41.0. The maximum Gasteiger partial charge on any atom is 0.191 e. The smallest absolute Gasteiger partial charge is 0.191 e. The Kier molecular flexibility index (Phi) is 8.21. The Bertz CT molecular complexity index is 878. The third-order valence-corrected chi connectivity index (χ3v) is 5.95. The van der Waals surface area contributed by atoms with Crippen LogP contribution in [0.1, 0.15) is 36.3 Å². The summed E-state index contributed by atoms with van der Waals surface area (Å²) in [6.45, 7) is 2.70. The molecule has 0 bridgehead atoms. The quantitative estimate of drug-likeness (QED) is 0.333. The number of hydrogen-bond acceptors (Lipinski definition) is 2. The SMILES string of the molecule is CN=C(NC1CCN(Cc2ccc(F)cc2)CC1)NC1CC1c1c(F)cccc1F.I. The van der Waals surface area contributed by atoms with Crippen LogP contribution in [-0.4, -0.2) is 43.1 Å². The zero-order chi connectivity index (χ0) is 21.1. The van der Waals surface area contributed by atoms with E-state index < -0.39 is 11.6 Å². The standard InChI is InChI=1S/C23H27F3N4.HI/c1-27-23(29-21-13-18(21)22-19(25)3-2-4-20(22)26)28-17-9-11-30(12-10-17)14-15-5-7-16(24)8-6-15;/h2-8,17-18,21H,9-14H2,1H3,(H2,27,28,29);1H. The van der Waals surface area contributed by atoms with E-state index >= 15 is 0 Å². The molecule has 2 aromatic rings. The molecule has 2 fully saturated rings. The van der Waals surface area contributed by atoms with Gasteiger partial charge in [-0.05, 0) is 49.1 Å². The molecule has 1 heterocycles. The fourth-order valence-electron chi connectivity index (χ4n) is 4.16. The van der Waals surface area contributed by atoms with E-state index in [1.165, 1.54) is 30.3 Å². The lowest BCUT2D eigenvalue weighted by atomic mass is 10.0. The lowest BCUT2D eigenvalue weighted by Gasteiger charge is -2.33. The van der Waals surface area contributed by atoms with Crippen molar-refractivity contribution in [3.05, 3.63) is 71.0 Å². The molecule has 0 spiro atoms. The first-order chi connectivity index (χ1) is 14.5. The van der Waals surface area contributed by atoms with E-state index in [0.29, 0.717) is 18.4 Å². The first-order valence-electron chi connectivity index (χ1n) is 10.4. The van der Waals surface area contributed by atoms with E-state index in [0.717, 1.165) is 38.0 Å². The predicted molar refractivity (Wildman–Crippen MR) is 127 cm³/mol. The lowest BCUT2D eigenvalue weighted by molar-refractivity contribution is 0.198. The van der Waals surface area contributed by atoms with Gasteiger partial charge in [-0.25, -0.2) is 13.2 Å². The van der Waals surface area contributed by atoms with Crippen LogP contribution in [0.5, 0.6) is 0 Å². The summed E-state index contributed by atoms with van der Waals surface area (Å²) in [4.78, 5) is 6.65. The molecule has 1 aliphatic carbocycles. The number of likely N-dealkylation sites (tertiary alicyclic amines) is 1. The summed E-state index contributed by atoms with van der Waals surface area (Å²) in [5.41, 5.74) is 1.28. The van der Waals surface area contributed by atoms with E-state index in [9.17, 15) is 13.2 Å². The molecular formula is C23H28F3IN4. The molecular weight excluding hydrogens is 516 g/mol. The van der Waals surface area contributed by atoms with Gasteiger partial charge in [-0.1, -0.05) is 18.2 Å². The molecule has 4 rings (SSSR count). The number of aliphatic imine (C=N–C) groups is 1. The van der Waals surface area contributed by atoms with Gasteiger partial charge in [0.1, 0.15) is 17.5 Å². The molecule has 0 aromatic heterocycles. The summed E-state index contributed by atoms with van der Waals surface area (Å²) >= 11 is 0. The Labute approximate surface area is 198 Å². The first kappa shape index (κ1) is 23.8. The highest BCUT2D eigenvalue weighted by atomic mass is 127. The van der Waals surface area contributed by atoms with Crippen molar-refractivity contribution in [2.45, 2.75) is 43.8 Å². The highest BCUT2D eigenvalue weighted by Crippen LogP contribution is 2.43. The van der Waals surface area contributed by atoms with Crippen molar-refractivity contribution in [2.24, 2.45) is 4.99 Å². The summed E-state index contributed by atoms with van der Waals surface area (Å²) in [5.74, 6) is -0.670. The van der Waals surface area contributed by atoms with Crippen molar-refractivity contribution in [1.29, 1.82) is 0 Å². The van der Waals surface area contributed by atoms with Crippen LogP contribution in [0.4, 0.5) is 13.2 Å². The number of hydrogen-bond donors (Lipinski definition) is 2. The Hall–Kier alpha value is -1.81.